The molecule has 84 valence electrons. The van der Waals surface area contributed by atoms with Gasteiger partial charge in [0.05, 0.1) is 11.7 Å². The standard InChI is InChI=1S/C10H12IN5/c1-7(12-2)10-13-14-15-16(10)9-5-3-4-8(11)6-9/h3-7,12H,1-2H3. The van der Waals surface area contributed by atoms with Crippen LogP contribution in [0.3, 0.4) is 0 Å². The second-order valence-electron chi connectivity index (χ2n) is 3.44. The molecule has 1 aromatic heterocycles. The summed E-state index contributed by atoms with van der Waals surface area (Å²) in [6, 6.07) is 8.18. The summed E-state index contributed by atoms with van der Waals surface area (Å²) in [5.74, 6) is 0.810. The van der Waals surface area contributed by atoms with E-state index in [2.05, 4.69) is 43.4 Å². The van der Waals surface area contributed by atoms with Gasteiger partial charge in [0.25, 0.3) is 0 Å². The predicted molar refractivity (Wildman–Crippen MR) is 69.3 cm³/mol. The number of rotatable bonds is 3. The Morgan fingerprint density at radius 3 is 2.94 bits per heavy atom. The first kappa shape index (κ1) is 11.5. The number of halogens is 1. The van der Waals surface area contributed by atoms with E-state index in [9.17, 15) is 0 Å². The Labute approximate surface area is 107 Å². The highest BCUT2D eigenvalue weighted by Gasteiger charge is 2.13. The Kier molecular flexibility index (Phi) is 3.49. The Morgan fingerprint density at radius 2 is 2.25 bits per heavy atom. The van der Waals surface area contributed by atoms with Gasteiger partial charge in [-0.25, -0.2) is 0 Å². The molecule has 1 aromatic carbocycles. The molecule has 0 aliphatic carbocycles. The minimum absolute atomic E-state index is 0.118. The molecule has 0 saturated carbocycles. The Hall–Kier alpha value is -1.02. The van der Waals surface area contributed by atoms with Crippen LogP contribution in [0.4, 0.5) is 0 Å². The summed E-state index contributed by atoms with van der Waals surface area (Å²) in [6.07, 6.45) is 0. The molecule has 2 rings (SSSR count). The average Bonchev–Trinajstić information content (AvgIpc) is 2.77. The zero-order valence-corrected chi connectivity index (χ0v) is 11.2. The molecular weight excluding hydrogens is 317 g/mol. The molecular formula is C10H12IN5. The molecule has 6 heteroatoms. The number of aromatic nitrogens is 4. The monoisotopic (exact) mass is 329 g/mol. The van der Waals surface area contributed by atoms with E-state index in [0.29, 0.717) is 0 Å². The van der Waals surface area contributed by atoms with Crippen molar-refractivity contribution >= 4 is 22.6 Å². The van der Waals surface area contributed by atoms with Gasteiger partial charge in [-0.15, -0.1) is 5.10 Å². The van der Waals surface area contributed by atoms with Crippen molar-refractivity contribution in [2.45, 2.75) is 13.0 Å². The van der Waals surface area contributed by atoms with E-state index in [1.165, 1.54) is 0 Å². The first-order valence-electron chi connectivity index (χ1n) is 4.94. The lowest BCUT2D eigenvalue weighted by Gasteiger charge is -2.10. The Balaban J connectivity index is 2.44. The van der Waals surface area contributed by atoms with Crippen molar-refractivity contribution in [2.75, 3.05) is 7.05 Å². The van der Waals surface area contributed by atoms with Gasteiger partial charge in [-0.3, -0.25) is 0 Å². The zero-order chi connectivity index (χ0) is 11.5. The van der Waals surface area contributed by atoms with E-state index in [1.54, 1.807) is 4.68 Å². The van der Waals surface area contributed by atoms with E-state index < -0.39 is 0 Å². The van der Waals surface area contributed by atoms with Crippen molar-refractivity contribution in [3.63, 3.8) is 0 Å². The number of nitrogens with one attached hydrogen (secondary N) is 1. The fraction of sp³-hybridized carbons (Fsp3) is 0.300. The Bertz CT molecular complexity index is 482. The molecule has 0 spiro atoms. The van der Waals surface area contributed by atoms with E-state index in [0.717, 1.165) is 15.1 Å². The maximum atomic E-state index is 4.03. The molecule has 2 aromatic rings. The van der Waals surface area contributed by atoms with Gasteiger partial charge >= 0.3 is 0 Å². The number of nitrogens with zero attached hydrogens (tertiary/aromatic N) is 4. The molecule has 0 saturated heterocycles. The molecule has 5 nitrogen and oxygen atoms in total. The highest BCUT2D eigenvalue weighted by atomic mass is 127. The largest absolute Gasteiger partial charge is 0.311 e. The van der Waals surface area contributed by atoms with Gasteiger partial charge in [0, 0.05) is 3.57 Å². The van der Waals surface area contributed by atoms with Crippen LogP contribution in [0, 0.1) is 3.57 Å². The van der Waals surface area contributed by atoms with Crippen LogP contribution in [0.5, 0.6) is 0 Å². The highest BCUT2D eigenvalue weighted by Crippen LogP contribution is 2.15. The van der Waals surface area contributed by atoms with Gasteiger partial charge in [-0.05, 0) is 65.2 Å². The van der Waals surface area contributed by atoms with Crippen LogP contribution >= 0.6 is 22.6 Å². The highest BCUT2D eigenvalue weighted by molar-refractivity contribution is 14.1. The van der Waals surface area contributed by atoms with Gasteiger partial charge in [-0.2, -0.15) is 4.68 Å². The summed E-state index contributed by atoms with van der Waals surface area (Å²) in [5.41, 5.74) is 0.981. The quantitative estimate of drug-likeness (QED) is 0.868. The lowest BCUT2D eigenvalue weighted by atomic mass is 10.3. The normalized spacial score (nSPS) is 12.7. The van der Waals surface area contributed by atoms with Crippen molar-refractivity contribution in [3.8, 4) is 5.69 Å². The van der Waals surface area contributed by atoms with Crippen molar-refractivity contribution < 1.29 is 0 Å². The molecule has 0 bridgehead atoms. The van der Waals surface area contributed by atoms with Crippen molar-refractivity contribution in [1.82, 2.24) is 25.5 Å². The first-order valence-corrected chi connectivity index (χ1v) is 6.01. The van der Waals surface area contributed by atoms with Crippen LogP contribution in [-0.4, -0.2) is 27.3 Å². The average molecular weight is 329 g/mol. The topological polar surface area (TPSA) is 55.6 Å². The Morgan fingerprint density at radius 1 is 1.44 bits per heavy atom. The van der Waals surface area contributed by atoms with Crippen LogP contribution in [0.1, 0.15) is 18.8 Å². The SMILES string of the molecule is CNC(C)c1nnnn1-c1cccc(I)c1. The second-order valence-corrected chi connectivity index (χ2v) is 4.68. The van der Waals surface area contributed by atoms with E-state index in [1.807, 2.05) is 38.2 Å². The third-order valence-corrected chi connectivity index (χ3v) is 3.04. The van der Waals surface area contributed by atoms with Crippen LogP contribution in [0.2, 0.25) is 0 Å². The van der Waals surface area contributed by atoms with Gasteiger partial charge in [-0.1, -0.05) is 6.07 Å². The lowest BCUT2D eigenvalue weighted by molar-refractivity contribution is 0.588. The summed E-state index contributed by atoms with van der Waals surface area (Å²) in [4.78, 5) is 0. The van der Waals surface area contributed by atoms with E-state index >= 15 is 0 Å². The molecule has 0 fully saturated rings. The second kappa shape index (κ2) is 4.88. The summed E-state index contributed by atoms with van der Waals surface area (Å²) in [6.45, 7) is 2.02. The fourth-order valence-electron chi connectivity index (χ4n) is 1.38. The molecule has 0 radical (unpaired) electrons. The molecule has 16 heavy (non-hydrogen) atoms. The number of tetrazole rings is 1. The minimum Gasteiger partial charge on any atom is -0.311 e. The molecule has 0 amide bonds. The van der Waals surface area contributed by atoms with Gasteiger partial charge < -0.3 is 5.32 Å². The van der Waals surface area contributed by atoms with Gasteiger partial charge in [0.2, 0.25) is 0 Å². The maximum Gasteiger partial charge on any atom is 0.173 e. The number of hydrogen-bond donors (Lipinski definition) is 1. The summed E-state index contributed by atoms with van der Waals surface area (Å²) in [7, 11) is 1.89. The summed E-state index contributed by atoms with van der Waals surface area (Å²) >= 11 is 2.27. The zero-order valence-electron chi connectivity index (χ0n) is 9.05. The fourth-order valence-corrected chi connectivity index (χ4v) is 1.91. The maximum absolute atomic E-state index is 4.03. The minimum atomic E-state index is 0.118. The van der Waals surface area contributed by atoms with Crippen LogP contribution in [0.15, 0.2) is 24.3 Å². The molecule has 0 aliphatic heterocycles. The third kappa shape index (κ3) is 2.22. The van der Waals surface area contributed by atoms with E-state index in [-0.39, 0.29) is 6.04 Å². The molecule has 1 unspecified atom stereocenters. The predicted octanol–water partition coefficient (Wildman–Crippen LogP) is 1.55. The summed E-state index contributed by atoms with van der Waals surface area (Å²) in [5, 5.41) is 14.9. The van der Waals surface area contributed by atoms with Crippen molar-refractivity contribution in [2.24, 2.45) is 0 Å². The van der Waals surface area contributed by atoms with Gasteiger partial charge in [0.1, 0.15) is 0 Å². The van der Waals surface area contributed by atoms with Crippen molar-refractivity contribution in [3.05, 3.63) is 33.7 Å². The van der Waals surface area contributed by atoms with E-state index in [4.69, 9.17) is 0 Å². The molecule has 1 atom stereocenters. The molecule has 0 aliphatic rings. The smallest absolute Gasteiger partial charge is 0.173 e. The van der Waals surface area contributed by atoms with Crippen LogP contribution in [0.25, 0.3) is 5.69 Å². The van der Waals surface area contributed by atoms with Crippen LogP contribution < -0.4 is 5.32 Å². The van der Waals surface area contributed by atoms with Crippen LogP contribution in [-0.2, 0) is 0 Å². The number of benzene rings is 1. The third-order valence-electron chi connectivity index (χ3n) is 2.37. The molecule has 1 N–H and O–H groups in total. The molecule has 1 heterocycles. The van der Waals surface area contributed by atoms with Gasteiger partial charge in [0.15, 0.2) is 5.82 Å². The number of hydrogen-bond acceptors (Lipinski definition) is 4. The van der Waals surface area contributed by atoms with Crippen molar-refractivity contribution in [1.29, 1.82) is 0 Å². The summed E-state index contributed by atoms with van der Waals surface area (Å²) < 4.78 is 2.91. The lowest BCUT2D eigenvalue weighted by Crippen LogP contribution is -2.17. The first-order chi connectivity index (χ1) is 7.72.